The van der Waals surface area contributed by atoms with Gasteiger partial charge in [0.05, 0.1) is 12.9 Å². The van der Waals surface area contributed by atoms with Crippen LogP contribution in [0.3, 0.4) is 0 Å². The number of furan rings is 1. The molecule has 5 heteroatoms. The summed E-state index contributed by atoms with van der Waals surface area (Å²) < 4.78 is 10.3. The quantitative estimate of drug-likeness (QED) is 0.427. The molecule has 0 aliphatic rings. The highest BCUT2D eigenvalue weighted by atomic mass is 16.5. The van der Waals surface area contributed by atoms with Crippen molar-refractivity contribution in [1.82, 2.24) is 10.6 Å². The van der Waals surface area contributed by atoms with Crippen LogP contribution in [-0.2, 0) is 11.2 Å². The van der Waals surface area contributed by atoms with Gasteiger partial charge in [-0.05, 0) is 18.1 Å². The Morgan fingerprint density at radius 2 is 2.16 bits per heavy atom. The maximum absolute atomic E-state index is 5.29. The maximum Gasteiger partial charge on any atom is 0.191 e. The predicted molar refractivity (Wildman–Crippen MR) is 77.4 cm³/mol. The summed E-state index contributed by atoms with van der Waals surface area (Å²) in [5, 5.41) is 6.54. The molecule has 1 rings (SSSR count). The van der Waals surface area contributed by atoms with Crippen molar-refractivity contribution >= 4 is 5.96 Å². The van der Waals surface area contributed by atoms with Crippen molar-refractivity contribution in [3.8, 4) is 0 Å². The molecule has 0 aromatic carbocycles. The van der Waals surface area contributed by atoms with Gasteiger partial charge in [-0.2, -0.15) is 0 Å². The molecule has 0 unspecified atom stereocenters. The molecule has 0 spiro atoms. The molecule has 0 saturated heterocycles. The molecule has 1 heterocycles. The molecule has 0 fully saturated rings. The van der Waals surface area contributed by atoms with E-state index in [2.05, 4.69) is 29.5 Å². The fourth-order valence-electron chi connectivity index (χ4n) is 1.48. The van der Waals surface area contributed by atoms with Crippen LogP contribution < -0.4 is 10.6 Å². The molecule has 5 nitrogen and oxygen atoms in total. The molecule has 2 N–H and O–H groups in total. The Morgan fingerprint density at radius 1 is 1.37 bits per heavy atom. The number of guanidine groups is 1. The van der Waals surface area contributed by atoms with Crippen LogP contribution in [0.15, 0.2) is 27.8 Å². The number of hydrogen-bond donors (Lipinski definition) is 2. The fraction of sp³-hybridized carbons (Fsp3) is 0.643. The number of rotatable bonds is 8. The van der Waals surface area contributed by atoms with Crippen LogP contribution >= 0.6 is 0 Å². The summed E-state index contributed by atoms with van der Waals surface area (Å²) in [6.07, 6.45) is 2.54. The van der Waals surface area contributed by atoms with Gasteiger partial charge in [-0.1, -0.05) is 13.8 Å². The molecule has 1 aromatic rings. The molecule has 0 aliphatic carbocycles. The van der Waals surface area contributed by atoms with E-state index in [1.807, 2.05) is 12.1 Å². The molecule has 0 atom stereocenters. The van der Waals surface area contributed by atoms with Gasteiger partial charge in [0.25, 0.3) is 0 Å². The first-order valence-electron chi connectivity index (χ1n) is 6.76. The van der Waals surface area contributed by atoms with E-state index >= 15 is 0 Å². The Balaban J connectivity index is 2.32. The number of ether oxygens (including phenoxy) is 1. The van der Waals surface area contributed by atoms with Gasteiger partial charge in [0.15, 0.2) is 5.96 Å². The molecular formula is C14H25N3O2. The summed E-state index contributed by atoms with van der Waals surface area (Å²) in [5.74, 6) is 2.36. The molecule has 0 saturated carbocycles. The van der Waals surface area contributed by atoms with E-state index in [4.69, 9.17) is 9.15 Å². The molecule has 0 bridgehead atoms. The molecule has 0 radical (unpaired) electrons. The van der Waals surface area contributed by atoms with Gasteiger partial charge in [-0.15, -0.1) is 0 Å². The Hall–Kier alpha value is -1.49. The standard InChI is InChI=1S/C14H25N3O2/c1-12(2)11-17-14(16-8-10-18-3)15-7-6-13-5-4-9-19-13/h4-5,9,12H,6-8,10-11H2,1-3H3,(H2,15,16,17). The minimum Gasteiger partial charge on any atom is -0.469 e. The van der Waals surface area contributed by atoms with Crippen molar-refractivity contribution in [3.63, 3.8) is 0 Å². The van der Waals surface area contributed by atoms with Crippen LogP contribution in [0.1, 0.15) is 19.6 Å². The minimum absolute atomic E-state index is 0.547. The predicted octanol–water partition coefficient (Wildman–Crippen LogP) is 1.66. The Bertz CT molecular complexity index is 348. The summed E-state index contributed by atoms with van der Waals surface area (Å²) >= 11 is 0. The molecule has 108 valence electrons. The first-order valence-corrected chi connectivity index (χ1v) is 6.76. The van der Waals surface area contributed by atoms with Crippen molar-refractivity contribution < 1.29 is 9.15 Å². The average molecular weight is 267 g/mol. The van der Waals surface area contributed by atoms with Crippen molar-refractivity contribution in [1.29, 1.82) is 0 Å². The van der Waals surface area contributed by atoms with Crippen LogP contribution in [0.4, 0.5) is 0 Å². The van der Waals surface area contributed by atoms with E-state index < -0.39 is 0 Å². The lowest BCUT2D eigenvalue weighted by molar-refractivity contribution is 0.203. The monoisotopic (exact) mass is 267 g/mol. The first-order chi connectivity index (χ1) is 9.22. The number of aliphatic imine (C=N–C) groups is 1. The normalized spacial score (nSPS) is 11.9. The van der Waals surface area contributed by atoms with Crippen molar-refractivity contribution in [2.45, 2.75) is 20.3 Å². The summed E-state index contributed by atoms with van der Waals surface area (Å²) in [7, 11) is 1.69. The lowest BCUT2D eigenvalue weighted by Gasteiger charge is -2.12. The number of nitrogens with zero attached hydrogens (tertiary/aromatic N) is 1. The van der Waals surface area contributed by atoms with Crippen LogP contribution in [0.2, 0.25) is 0 Å². The topological polar surface area (TPSA) is 58.8 Å². The highest BCUT2D eigenvalue weighted by Gasteiger charge is 2.00. The average Bonchev–Trinajstić information content (AvgIpc) is 2.88. The van der Waals surface area contributed by atoms with Gasteiger partial charge >= 0.3 is 0 Å². The van der Waals surface area contributed by atoms with Crippen molar-refractivity contribution in [3.05, 3.63) is 24.2 Å². The Labute approximate surface area is 115 Å². The molecular weight excluding hydrogens is 242 g/mol. The van der Waals surface area contributed by atoms with Crippen LogP contribution in [0.5, 0.6) is 0 Å². The number of nitrogens with one attached hydrogen (secondary N) is 2. The Kier molecular flexibility index (Phi) is 7.74. The zero-order valence-electron chi connectivity index (χ0n) is 12.1. The largest absolute Gasteiger partial charge is 0.469 e. The van der Waals surface area contributed by atoms with E-state index in [0.717, 1.165) is 37.8 Å². The van der Waals surface area contributed by atoms with E-state index in [9.17, 15) is 0 Å². The molecule has 1 aromatic heterocycles. The van der Waals surface area contributed by atoms with E-state index in [1.54, 1.807) is 13.4 Å². The zero-order chi connectivity index (χ0) is 13.9. The third-order valence-electron chi connectivity index (χ3n) is 2.46. The van der Waals surface area contributed by atoms with Gasteiger partial charge in [-0.25, -0.2) is 0 Å². The molecule has 0 amide bonds. The van der Waals surface area contributed by atoms with Gasteiger partial charge in [0.2, 0.25) is 0 Å². The SMILES string of the molecule is COCCNC(=NCC(C)C)NCCc1ccco1. The second-order valence-corrected chi connectivity index (χ2v) is 4.76. The smallest absolute Gasteiger partial charge is 0.191 e. The summed E-state index contributed by atoms with van der Waals surface area (Å²) in [6, 6.07) is 3.88. The Morgan fingerprint density at radius 3 is 2.79 bits per heavy atom. The maximum atomic E-state index is 5.29. The summed E-state index contributed by atoms with van der Waals surface area (Å²) in [5.41, 5.74) is 0. The van der Waals surface area contributed by atoms with Gasteiger partial charge in [-0.3, -0.25) is 4.99 Å². The van der Waals surface area contributed by atoms with Gasteiger partial charge in [0.1, 0.15) is 5.76 Å². The lowest BCUT2D eigenvalue weighted by Crippen LogP contribution is -2.40. The van der Waals surface area contributed by atoms with E-state index in [1.165, 1.54) is 0 Å². The second kappa shape index (κ2) is 9.44. The molecule has 19 heavy (non-hydrogen) atoms. The minimum atomic E-state index is 0.547. The molecule has 0 aliphatic heterocycles. The number of hydrogen-bond acceptors (Lipinski definition) is 3. The second-order valence-electron chi connectivity index (χ2n) is 4.76. The van der Waals surface area contributed by atoms with E-state index in [-0.39, 0.29) is 0 Å². The van der Waals surface area contributed by atoms with Crippen LogP contribution in [0, 0.1) is 5.92 Å². The zero-order valence-corrected chi connectivity index (χ0v) is 12.1. The summed E-state index contributed by atoms with van der Waals surface area (Å²) in [6.45, 7) is 7.33. The third-order valence-corrected chi connectivity index (χ3v) is 2.46. The van der Waals surface area contributed by atoms with Crippen molar-refractivity contribution in [2.75, 3.05) is 33.4 Å². The highest BCUT2D eigenvalue weighted by Crippen LogP contribution is 1.99. The fourth-order valence-corrected chi connectivity index (χ4v) is 1.48. The van der Waals surface area contributed by atoms with Gasteiger partial charge < -0.3 is 19.8 Å². The third kappa shape index (κ3) is 7.51. The highest BCUT2D eigenvalue weighted by molar-refractivity contribution is 5.79. The lowest BCUT2D eigenvalue weighted by atomic mass is 10.2. The van der Waals surface area contributed by atoms with E-state index in [0.29, 0.717) is 12.5 Å². The van der Waals surface area contributed by atoms with Crippen molar-refractivity contribution in [2.24, 2.45) is 10.9 Å². The van der Waals surface area contributed by atoms with Gasteiger partial charge in [0, 0.05) is 33.2 Å². The number of methoxy groups -OCH3 is 1. The summed E-state index contributed by atoms with van der Waals surface area (Å²) in [4.78, 5) is 4.52. The van der Waals surface area contributed by atoms with Crippen LogP contribution in [-0.4, -0.2) is 39.3 Å². The first kappa shape index (κ1) is 15.6. The van der Waals surface area contributed by atoms with Crippen LogP contribution in [0.25, 0.3) is 0 Å².